The Balaban J connectivity index is 0.747. The van der Waals surface area contributed by atoms with Gasteiger partial charge in [-0.3, -0.25) is 39.1 Å². The fraction of sp³-hybridized carbons (Fsp3) is 0.553. The number of piperidine rings is 3. The first-order valence-corrected chi connectivity index (χ1v) is 23.4. The quantitative estimate of drug-likeness (QED) is 0.182. The van der Waals surface area contributed by atoms with Crippen LogP contribution in [-0.2, 0) is 20.7 Å². The Morgan fingerprint density at radius 1 is 0.846 bits per heavy atom. The molecule has 18 heteroatoms. The van der Waals surface area contributed by atoms with Gasteiger partial charge in [-0.05, 0) is 81.5 Å². The van der Waals surface area contributed by atoms with Crippen molar-refractivity contribution in [2.24, 2.45) is 11.7 Å². The molecule has 5 fully saturated rings. The van der Waals surface area contributed by atoms with Crippen LogP contribution < -0.4 is 36.2 Å². The summed E-state index contributed by atoms with van der Waals surface area (Å²) in [6, 6.07) is 11.1. The third kappa shape index (κ3) is 9.33. The number of hydrogen-bond acceptors (Lipinski definition) is 15. The summed E-state index contributed by atoms with van der Waals surface area (Å²) in [5.74, 6) is -0.321. The topological polar surface area (TPSA) is 208 Å². The van der Waals surface area contributed by atoms with Crippen molar-refractivity contribution in [1.82, 2.24) is 30.0 Å². The number of aromatic nitrogens is 2. The molecule has 0 radical (unpaired) electrons. The Morgan fingerprint density at radius 2 is 1.57 bits per heavy atom. The molecule has 5 saturated heterocycles. The van der Waals surface area contributed by atoms with E-state index >= 15 is 0 Å². The van der Waals surface area contributed by atoms with Gasteiger partial charge >= 0.3 is 0 Å². The van der Waals surface area contributed by atoms with Crippen molar-refractivity contribution in [2.75, 3.05) is 99.7 Å². The molecule has 18 nitrogen and oxygen atoms in total. The zero-order valence-corrected chi connectivity index (χ0v) is 37.5. The highest BCUT2D eigenvalue weighted by Crippen LogP contribution is 2.38. The van der Waals surface area contributed by atoms with Crippen molar-refractivity contribution < 1.29 is 33.4 Å². The smallest absolute Gasteiger partial charge is 0.271 e. The van der Waals surface area contributed by atoms with E-state index in [0.29, 0.717) is 60.1 Å². The van der Waals surface area contributed by atoms with Crippen molar-refractivity contribution >= 4 is 58.2 Å². The number of imide groups is 2. The van der Waals surface area contributed by atoms with Crippen LogP contribution in [0.4, 0.5) is 28.7 Å². The third-order valence-electron chi connectivity index (χ3n) is 14.2. The molecule has 7 heterocycles. The van der Waals surface area contributed by atoms with Crippen LogP contribution in [0.2, 0.25) is 0 Å². The minimum Gasteiger partial charge on any atom is -0.495 e. The van der Waals surface area contributed by atoms with Crippen LogP contribution in [0.3, 0.4) is 0 Å². The lowest BCUT2D eigenvalue weighted by Crippen LogP contribution is -2.54. The molecule has 1 unspecified atom stereocenters. The van der Waals surface area contributed by atoms with E-state index in [1.807, 2.05) is 31.2 Å². The van der Waals surface area contributed by atoms with E-state index in [0.717, 1.165) is 125 Å². The zero-order chi connectivity index (χ0) is 45.2. The van der Waals surface area contributed by atoms with E-state index in [-0.39, 0.29) is 30.5 Å². The number of benzene rings is 2. The Hall–Kier alpha value is -5.85. The van der Waals surface area contributed by atoms with Gasteiger partial charge in [0.25, 0.3) is 17.7 Å². The number of aryl methyl sites for hydroxylation is 1. The molecule has 65 heavy (non-hydrogen) atoms. The molecule has 1 atom stereocenters. The largest absolute Gasteiger partial charge is 0.495 e. The molecule has 0 spiro atoms. The standard InChI is InChI=1S/C47H61N11O7/c1-3-34-43(49-30-15-25-65-26-16-30)53-44(41(51-34)42(48)60)50-31-7-8-35(38(27-31)64-2)56-19-13-32(14-20-56)55-23-21-54(22-24-55)28-29-11-17-57(18-12-29)36-6-4-5-33-40(36)47(63)58(46(33)62)37-9-10-39(59)52-45(37)61/h4-8,27,29-30,32,37H,3,9-26,28H2,1-2H3,(H2,48,60)(H2,49,50,53)(H,52,59,61). The highest BCUT2D eigenvalue weighted by molar-refractivity contribution is 6.25. The number of carbonyl (C=O) groups excluding carboxylic acids is 5. The molecule has 2 aromatic carbocycles. The lowest BCUT2D eigenvalue weighted by atomic mass is 9.94. The van der Waals surface area contributed by atoms with E-state index in [1.54, 1.807) is 13.2 Å². The third-order valence-corrected chi connectivity index (χ3v) is 14.2. The maximum Gasteiger partial charge on any atom is 0.271 e. The minimum absolute atomic E-state index is 0.0954. The van der Waals surface area contributed by atoms with Crippen LogP contribution >= 0.6 is 0 Å². The molecule has 0 saturated carbocycles. The summed E-state index contributed by atoms with van der Waals surface area (Å²) in [7, 11) is 1.68. The minimum atomic E-state index is -0.975. The van der Waals surface area contributed by atoms with Crippen molar-refractivity contribution in [2.45, 2.75) is 82.8 Å². The van der Waals surface area contributed by atoms with E-state index in [4.69, 9.17) is 20.2 Å². The molecule has 1 aromatic heterocycles. The average Bonchev–Trinajstić information content (AvgIpc) is 3.58. The van der Waals surface area contributed by atoms with Crippen molar-refractivity contribution in [1.29, 1.82) is 0 Å². The number of nitrogens with one attached hydrogen (secondary N) is 3. The van der Waals surface area contributed by atoms with Gasteiger partial charge in [0.05, 0.1) is 35.3 Å². The molecule has 346 valence electrons. The number of piperazine rings is 1. The van der Waals surface area contributed by atoms with Gasteiger partial charge in [0.15, 0.2) is 17.3 Å². The molecular formula is C47H61N11O7. The van der Waals surface area contributed by atoms with Crippen molar-refractivity contribution in [3.8, 4) is 5.75 Å². The molecule has 3 aromatic rings. The van der Waals surface area contributed by atoms with Gasteiger partial charge in [-0.2, -0.15) is 0 Å². The maximum absolute atomic E-state index is 13.7. The second-order valence-corrected chi connectivity index (χ2v) is 18.1. The van der Waals surface area contributed by atoms with Crippen LogP contribution in [0.1, 0.15) is 95.2 Å². The summed E-state index contributed by atoms with van der Waals surface area (Å²) in [4.78, 5) is 84.3. The summed E-state index contributed by atoms with van der Waals surface area (Å²) in [6.07, 6.45) is 6.69. The highest BCUT2D eigenvalue weighted by atomic mass is 16.5. The number of fused-ring (bicyclic) bond motifs is 1. The summed E-state index contributed by atoms with van der Waals surface area (Å²) < 4.78 is 11.4. The van der Waals surface area contributed by atoms with Crippen LogP contribution in [0.15, 0.2) is 36.4 Å². The van der Waals surface area contributed by atoms with Gasteiger partial charge in [-0.15, -0.1) is 0 Å². The molecule has 6 aliphatic rings. The monoisotopic (exact) mass is 891 g/mol. The molecule has 5 amide bonds. The molecule has 0 aliphatic carbocycles. The number of nitrogens with two attached hydrogens (primary N) is 1. The Labute approximate surface area is 379 Å². The van der Waals surface area contributed by atoms with Crippen LogP contribution in [-0.4, -0.2) is 152 Å². The normalized spacial score (nSPS) is 22.0. The fourth-order valence-electron chi connectivity index (χ4n) is 10.5. The van der Waals surface area contributed by atoms with Gasteiger partial charge < -0.3 is 40.5 Å². The lowest BCUT2D eigenvalue weighted by molar-refractivity contribution is -0.136. The van der Waals surface area contributed by atoms with E-state index in [1.165, 1.54) is 0 Å². The number of rotatable bonds is 13. The van der Waals surface area contributed by atoms with Gasteiger partial charge in [0.1, 0.15) is 11.8 Å². The molecule has 9 rings (SSSR count). The number of ether oxygens (including phenoxy) is 2. The predicted molar refractivity (Wildman–Crippen MR) is 245 cm³/mol. The SMILES string of the molecule is CCc1nc(C(N)=O)c(Nc2ccc(N3CCC(N4CCN(CC5CCN(c6cccc7c6C(=O)N(C6CCC(=O)NC6=O)C7=O)CC5)CC4)CC3)c(OC)c2)nc1NC1CCOCC1. The van der Waals surface area contributed by atoms with E-state index < -0.39 is 29.7 Å². The summed E-state index contributed by atoms with van der Waals surface area (Å²) in [6.45, 7) is 12.0. The molecule has 0 bridgehead atoms. The average molecular weight is 892 g/mol. The molecular weight excluding hydrogens is 831 g/mol. The Bertz CT molecular complexity index is 2300. The first kappa shape index (κ1) is 44.4. The highest BCUT2D eigenvalue weighted by Gasteiger charge is 2.46. The van der Waals surface area contributed by atoms with Crippen molar-refractivity contribution in [3.05, 3.63) is 58.9 Å². The molecule has 6 aliphatic heterocycles. The van der Waals surface area contributed by atoms with Crippen LogP contribution in [0.25, 0.3) is 0 Å². The number of carbonyl (C=O) groups is 5. The Kier molecular flexibility index (Phi) is 13.2. The number of primary amides is 1. The lowest BCUT2D eigenvalue weighted by Gasteiger charge is -2.44. The number of anilines is 5. The van der Waals surface area contributed by atoms with Gasteiger partial charge in [0, 0.05) is 102 Å². The van der Waals surface area contributed by atoms with E-state index in [9.17, 15) is 24.0 Å². The number of hydrogen-bond donors (Lipinski definition) is 4. The van der Waals surface area contributed by atoms with Gasteiger partial charge in [0.2, 0.25) is 11.8 Å². The predicted octanol–water partition coefficient (Wildman–Crippen LogP) is 3.39. The zero-order valence-electron chi connectivity index (χ0n) is 37.5. The van der Waals surface area contributed by atoms with Crippen LogP contribution in [0, 0.1) is 5.92 Å². The first-order valence-electron chi connectivity index (χ1n) is 23.4. The van der Waals surface area contributed by atoms with Crippen molar-refractivity contribution in [3.63, 3.8) is 0 Å². The summed E-state index contributed by atoms with van der Waals surface area (Å²) in [5, 5.41) is 9.11. The molecule has 5 N–H and O–H groups in total. The summed E-state index contributed by atoms with van der Waals surface area (Å²) >= 11 is 0. The number of methoxy groups -OCH3 is 1. The fourth-order valence-corrected chi connectivity index (χ4v) is 10.5. The Morgan fingerprint density at radius 3 is 2.26 bits per heavy atom. The summed E-state index contributed by atoms with van der Waals surface area (Å²) in [5.41, 5.74) is 9.77. The number of nitrogens with zero attached hydrogens (tertiary/aromatic N) is 7. The van der Waals surface area contributed by atoms with Crippen LogP contribution in [0.5, 0.6) is 5.75 Å². The number of amides is 5. The second-order valence-electron chi connectivity index (χ2n) is 18.1. The maximum atomic E-state index is 13.7. The first-order chi connectivity index (χ1) is 31.6. The second kappa shape index (κ2) is 19.3. The van der Waals surface area contributed by atoms with E-state index in [2.05, 4.69) is 46.6 Å². The van der Waals surface area contributed by atoms with Gasteiger partial charge in [-0.25, -0.2) is 9.97 Å². The van der Waals surface area contributed by atoms with Gasteiger partial charge in [-0.1, -0.05) is 13.0 Å².